The van der Waals surface area contributed by atoms with Crippen molar-refractivity contribution >= 4 is 5.91 Å². The first kappa shape index (κ1) is 17.5. The molecule has 1 amide bonds. The molecule has 25 heavy (non-hydrogen) atoms. The Kier molecular flexibility index (Phi) is 4.34. The Morgan fingerprint density at radius 1 is 1.44 bits per heavy atom. The van der Waals surface area contributed by atoms with Crippen LogP contribution in [0, 0.1) is 6.92 Å². The summed E-state index contributed by atoms with van der Waals surface area (Å²) in [6, 6.07) is 0.566. The molecule has 1 atom stereocenters. The Morgan fingerprint density at radius 3 is 2.76 bits per heavy atom. The monoisotopic (exact) mass is 356 g/mol. The van der Waals surface area contributed by atoms with Crippen molar-refractivity contribution in [2.45, 2.75) is 45.3 Å². The summed E-state index contributed by atoms with van der Waals surface area (Å²) >= 11 is 0. The highest BCUT2D eigenvalue weighted by atomic mass is 19.4. The number of hydrogen-bond acceptors (Lipinski definition) is 4. The number of hydrogen-bond donors (Lipinski definition) is 0. The summed E-state index contributed by atoms with van der Waals surface area (Å²) < 4.78 is 44.9. The van der Waals surface area contributed by atoms with Crippen LogP contribution in [0.25, 0.3) is 0 Å². The standard InChI is InChI=1S/C16H19F3N4O2/c1-4-12-14(9(2)21-25-12)10-6-5-7-23(10)15(24)11-8-13(16(17,18)19)20-22(11)3/h8,10H,4-7H2,1-3H3/t10-/m1/s1. The van der Waals surface area contributed by atoms with Crippen molar-refractivity contribution in [3.63, 3.8) is 0 Å². The fourth-order valence-corrected chi connectivity index (χ4v) is 3.37. The number of likely N-dealkylation sites (tertiary alicyclic amines) is 1. The zero-order chi connectivity index (χ0) is 18.4. The molecule has 0 radical (unpaired) electrons. The minimum Gasteiger partial charge on any atom is -0.361 e. The number of alkyl halides is 3. The SMILES string of the molecule is CCc1onc(C)c1[C@H]1CCCN1C(=O)c1cc(C(F)(F)F)nn1C. The van der Waals surface area contributed by atoms with Gasteiger partial charge in [0.2, 0.25) is 0 Å². The molecular formula is C16H19F3N4O2. The summed E-state index contributed by atoms with van der Waals surface area (Å²) in [4.78, 5) is 14.5. The molecule has 2 aromatic heterocycles. The van der Waals surface area contributed by atoms with E-state index in [1.165, 1.54) is 7.05 Å². The summed E-state index contributed by atoms with van der Waals surface area (Å²) in [5.74, 6) is 0.249. The van der Waals surface area contributed by atoms with E-state index >= 15 is 0 Å². The van der Waals surface area contributed by atoms with Crippen LogP contribution in [-0.4, -0.2) is 32.3 Å². The van der Waals surface area contributed by atoms with Crippen LogP contribution in [0.2, 0.25) is 0 Å². The first-order valence-corrected chi connectivity index (χ1v) is 8.11. The van der Waals surface area contributed by atoms with Gasteiger partial charge < -0.3 is 9.42 Å². The number of carbonyl (C=O) groups excluding carboxylic acids is 1. The molecule has 136 valence electrons. The van der Waals surface area contributed by atoms with Gasteiger partial charge in [0, 0.05) is 31.6 Å². The van der Waals surface area contributed by atoms with E-state index in [0.29, 0.717) is 24.4 Å². The molecule has 1 aliphatic heterocycles. The second-order valence-corrected chi connectivity index (χ2v) is 6.15. The summed E-state index contributed by atoms with van der Waals surface area (Å²) in [5, 5.41) is 7.40. The normalized spacial score (nSPS) is 18.2. The predicted molar refractivity (Wildman–Crippen MR) is 81.8 cm³/mol. The number of aromatic nitrogens is 3. The van der Waals surface area contributed by atoms with Crippen LogP contribution in [0.5, 0.6) is 0 Å². The highest BCUT2D eigenvalue weighted by Crippen LogP contribution is 2.37. The van der Waals surface area contributed by atoms with Crippen LogP contribution >= 0.6 is 0 Å². The molecule has 3 rings (SSSR count). The minimum absolute atomic E-state index is 0.0774. The smallest absolute Gasteiger partial charge is 0.361 e. The van der Waals surface area contributed by atoms with Gasteiger partial charge in [0.1, 0.15) is 11.5 Å². The Bertz CT molecular complexity index is 794. The molecule has 0 N–H and O–H groups in total. The second kappa shape index (κ2) is 6.20. The van der Waals surface area contributed by atoms with E-state index in [1.54, 1.807) is 4.90 Å². The highest BCUT2D eigenvalue weighted by Gasteiger charge is 2.39. The molecule has 6 nitrogen and oxygen atoms in total. The van der Waals surface area contributed by atoms with Gasteiger partial charge in [0.05, 0.1) is 11.7 Å². The maximum atomic E-state index is 12.9. The lowest BCUT2D eigenvalue weighted by Crippen LogP contribution is -2.32. The van der Waals surface area contributed by atoms with E-state index in [4.69, 9.17) is 4.52 Å². The van der Waals surface area contributed by atoms with Gasteiger partial charge >= 0.3 is 6.18 Å². The second-order valence-electron chi connectivity index (χ2n) is 6.15. The van der Waals surface area contributed by atoms with E-state index in [9.17, 15) is 18.0 Å². The van der Waals surface area contributed by atoms with Crippen LogP contribution in [0.1, 0.15) is 59.0 Å². The van der Waals surface area contributed by atoms with E-state index in [0.717, 1.165) is 29.2 Å². The Labute approximate surface area is 142 Å². The average Bonchev–Trinajstić information content (AvgIpc) is 3.23. The molecule has 0 aliphatic carbocycles. The van der Waals surface area contributed by atoms with Crippen LogP contribution in [0.4, 0.5) is 13.2 Å². The van der Waals surface area contributed by atoms with Gasteiger partial charge in [-0.1, -0.05) is 12.1 Å². The number of carbonyl (C=O) groups is 1. The number of amides is 1. The molecule has 0 bridgehead atoms. The highest BCUT2D eigenvalue weighted by molar-refractivity contribution is 5.93. The van der Waals surface area contributed by atoms with E-state index in [2.05, 4.69) is 10.3 Å². The molecule has 2 aromatic rings. The lowest BCUT2D eigenvalue weighted by Gasteiger charge is -2.24. The third-order valence-electron chi connectivity index (χ3n) is 4.54. The quantitative estimate of drug-likeness (QED) is 0.847. The topological polar surface area (TPSA) is 64.2 Å². The zero-order valence-corrected chi connectivity index (χ0v) is 14.2. The molecular weight excluding hydrogens is 337 g/mol. The fourth-order valence-electron chi connectivity index (χ4n) is 3.37. The number of aryl methyl sites for hydroxylation is 3. The van der Waals surface area contributed by atoms with Crippen molar-refractivity contribution in [3.8, 4) is 0 Å². The van der Waals surface area contributed by atoms with Crippen LogP contribution in [0.15, 0.2) is 10.6 Å². The van der Waals surface area contributed by atoms with Crippen molar-refractivity contribution in [2.24, 2.45) is 7.05 Å². The Hall–Kier alpha value is -2.32. The summed E-state index contributed by atoms with van der Waals surface area (Å²) in [7, 11) is 1.34. The van der Waals surface area contributed by atoms with Gasteiger partial charge in [-0.05, 0) is 19.8 Å². The van der Waals surface area contributed by atoms with Crippen molar-refractivity contribution in [1.82, 2.24) is 19.8 Å². The summed E-state index contributed by atoms with van der Waals surface area (Å²) in [5.41, 5.74) is 0.435. The van der Waals surface area contributed by atoms with Crippen molar-refractivity contribution in [1.29, 1.82) is 0 Å². The van der Waals surface area contributed by atoms with Crippen molar-refractivity contribution in [2.75, 3.05) is 6.54 Å². The molecule has 0 aromatic carbocycles. The van der Waals surface area contributed by atoms with Crippen molar-refractivity contribution < 1.29 is 22.5 Å². The molecule has 9 heteroatoms. The summed E-state index contributed by atoms with van der Waals surface area (Å²) in [6.07, 6.45) is -2.45. The van der Waals surface area contributed by atoms with Gasteiger partial charge in [-0.15, -0.1) is 0 Å². The lowest BCUT2D eigenvalue weighted by atomic mass is 10.0. The van der Waals surface area contributed by atoms with E-state index in [-0.39, 0.29) is 11.7 Å². The predicted octanol–water partition coefficient (Wildman–Crippen LogP) is 3.28. The third-order valence-corrected chi connectivity index (χ3v) is 4.54. The molecule has 1 saturated heterocycles. The van der Waals surface area contributed by atoms with Crippen LogP contribution < -0.4 is 0 Å². The maximum Gasteiger partial charge on any atom is 0.435 e. The van der Waals surface area contributed by atoms with Gasteiger partial charge in [-0.3, -0.25) is 9.48 Å². The molecule has 0 saturated carbocycles. The molecule has 0 spiro atoms. The molecule has 1 aliphatic rings. The Morgan fingerprint density at radius 2 is 2.16 bits per heavy atom. The van der Waals surface area contributed by atoms with E-state index in [1.807, 2.05) is 13.8 Å². The van der Waals surface area contributed by atoms with Gasteiger partial charge in [-0.25, -0.2) is 0 Å². The molecule has 3 heterocycles. The average molecular weight is 356 g/mol. The summed E-state index contributed by atoms with van der Waals surface area (Å²) in [6.45, 7) is 4.22. The largest absolute Gasteiger partial charge is 0.435 e. The Balaban J connectivity index is 1.94. The van der Waals surface area contributed by atoms with E-state index < -0.39 is 17.8 Å². The number of nitrogens with zero attached hydrogens (tertiary/aromatic N) is 4. The number of rotatable bonds is 3. The molecule has 0 unspecified atom stereocenters. The van der Waals surface area contributed by atoms with Crippen LogP contribution in [-0.2, 0) is 19.6 Å². The molecule has 1 fully saturated rings. The minimum atomic E-state index is -4.58. The zero-order valence-electron chi connectivity index (χ0n) is 14.2. The third kappa shape index (κ3) is 3.03. The van der Waals surface area contributed by atoms with Crippen LogP contribution in [0.3, 0.4) is 0 Å². The lowest BCUT2D eigenvalue weighted by molar-refractivity contribution is -0.141. The maximum absolute atomic E-state index is 12.9. The first-order valence-electron chi connectivity index (χ1n) is 8.11. The van der Waals surface area contributed by atoms with Gasteiger partial charge in [-0.2, -0.15) is 18.3 Å². The van der Waals surface area contributed by atoms with Gasteiger partial charge in [0.25, 0.3) is 5.91 Å². The first-order chi connectivity index (χ1) is 11.7. The van der Waals surface area contributed by atoms with Gasteiger partial charge in [0.15, 0.2) is 5.69 Å². The fraction of sp³-hybridized carbons (Fsp3) is 0.562. The number of halogens is 3. The van der Waals surface area contributed by atoms with Crippen molar-refractivity contribution in [3.05, 3.63) is 34.5 Å².